The van der Waals surface area contributed by atoms with Gasteiger partial charge in [-0.3, -0.25) is 0 Å². The van der Waals surface area contributed by atoms with E-state index in [2.05, 4.69) is 16.4 Å². The van der Waals surface area contributed by atoms with Crippen LogP contribution in [0, 0.1) is 11.3 Å². The number of imidazole rings is 1. The van der Waals surface area contributed by atoms with Crippen LogP contribution in [0.2, 0.25) is 0 Å². The maximum Gasteiger partial charge on any atom is 0.140 e. The third-order valence-electron chi connectivity index (χ3n) is 1.85. The number of hydrogen-bond acceptors (Lipinski definition) is 3. The van der Waals surface area contributed by atoms with Gasteiger partial charge in [-0.15, -0.1) is 0 Å². The lowest BCUT2D eigenvalue weighted by molar-refractivity contribution is 0.502. The first kappa shape index (κ1) is 6.38. The third-order valence-corrected chi connectivity index (χ3v) is 1.85. The average Bonchev–Trinajstić information content (AvgIpc) is 2.47. The Morgan fingerprint density at radius 3 is 3.45 bits per heavy atom. The van der Waals surface area contributed by atoms with Crippen molar-refractivity contribution in [3.05, 3.63) is 17.7 Å². The van der Waals surface area contributed by atoms with Crippen molar-refractivity contribution in [3.8, 4) is 6.07 Å². The highest BCUT2D eigenvalue weighted by Crippen LogP contribution is 2.06. The quantitative estimate of drug-likeness (QED) is 0.557. The number of nitrogens with zero attached hydrogens (tertiary/aromatic N) is 3. The molecule has 0 amide bonds. The molecule has 0 atom stereocenters. The van der Waals surface area contributed by atoms with E-state index in [1.165, 1.54) is 0 Å². The zero-order chi connectivity index (χ0) is 7.68. The molecule has 0 unspecified atom stereocenters. The summed E-state index contributed by atoms with van der Waals surface area (Å²) in [7, 11) is 0. The topological polar surface area (TPSA) is 53.6 Å². The van der Waals surface area contributed by atoms with Gasteiger partial charge in [0.25, 0.3) is 0 Å². The first-order chi connectivity index (χ1) is 5.42. The van der Waals surface area contributed by atoms with E-state index in [1.54, 1.807) is 6.20 Å². The maximum atomic E-state index is 8.65. The summed E-state index contributed by atoms with van der Waals surface area (Å²) in [5, 5.41) is 11.8. The van der Waals surface area contributed by atoms with Gasteiger partial charge in [-0.1, -0.05) is 0 Å². The Morgan fingerprint density at radius 1 is 1.73 bits per heavy atom. The predicted molar refractivity (Wildman–Crippen MR) is 38.6 cm³/mol. The fourth-order valence-corrected chi connectivity index (χ4v) is 1.28. The molecule has 0 aliphatic carbocycles. The standard InChI is InChI=1S/C7H8N4/c8-3-6-4-10-7-5-9-1-2-11(6)7/h4,9H,1-2,5H2. The summed E-state index contributed by atoms with van der Waals surface area (Å²) < 4.78 is 1.95. The monoisotopic (exact) mass is 148 g/mol. The Kier molecular flexibility index (Phi) is 1.37. The predicted octanol–water partition coefficient (Wildman–Crippen LogP) is -0.142. The van der Waals surface area contributed by atoms with Gasteiger partial charge in [-0.05, 0) is 0 Å². The van der Waals surface area contributed by atoms with Gasteiger partial charge < -0.3 is 9.88 Å². The van der Waals surface area contributed by atoms with Gasteiger partial charge >= 0.3 is 0 Å². The highest BCUT2D eigenvalue weighted by molar-refractivity contribution is 5.21. The van der Waals surface area contributed by atoms with Crippen LogP contribution >= 0.6 is 0 Å². The van der Waals surface area contributed by atoms with E-state index in [1.807, 2.05) is 4.57 Å². The van der Waals surface area contributed by atoms with Crippen molar-refractivity contribution in [1.82, 2.24) is 14.9 Å². The Labute approximate surface area is 64.5 Å². The van der Waals surface area contributed by atoms with Crippen molar-refractivity contribution in [3.63, 3.8) is 0 Å². The lowest BCUT2D eigenvalue weighted by Gasteiger charge is -2.14. The molecule has 0 aromatic carbocycles. The molecule has 1 N–H and O–H groups in total. The number of hydrogen-bond donors (Lipinski definition) is 1. The number of aromatic nitrogens is 2. The molecule has 4 heteroatoms. The largest absolute Gasteiger partial charge is 0.317 e. The summed E-state index contributed by atoms with van der Waals surface area (Å²) in [6.07, 6.45) is 1.63. The summed E-state index contributed by atoms with van der Waals surface area (Å²) in [6, 6.07) is 2.11. The lowest BCUT2D eigenvalue weighted by Crippen LogP contribution is -2.28. The van der Waals surface area contributed by atoms with E-state index in [0.29, 0.717) is 5.69 Å². The van der Waals surface area contributed by atoms with E-state index in [0.717, 1.165) is 25.5 Å². The van der Waals surface area contributed by atoms with Crippen LogP contribution in [-0.2, 0) is 13.1 Å². The smallest absolute Gasteiger partial charge is 0.140 e. The van der Waals surface area contributed by atoms with Crippen molar-refractivity contribution < 1.29 is 0 Å². The van der Waals surface area contributed by atoms with Crippen molar-refractivity contribution in [2.45, 2.75) is 13.1 Å². The summed E-state index contributed by atoms with van der Waals surface area (Å²) >= 11 is 0. The molecule has 0 spiro atoms. The molecule has 1 aromatic rings. The molecular weight excluding hydrogens is 140 g/mol. The molecule has 11 heavy (non-hydrogen) atoms. The van der Waals surface area contributed by atoms with E-state index in [4.69, 9.17) is 5.26 Å². The molecule has 4 nitrogen and oxygen atoms in total. The molecule has 0 bridgehead atoms. The van der Waals surface area contributed by atoms with Crippen molar-refractivity contribution in [2.24, 2.45) is 0 Å². The van der Waals surface area contributed by atoms with Gasteiger partial charge in [0, 0.05) is 13.1 Å². The Morgan fingerprint density at radius 2 is 2.64 bits per heavy atom. The second-order valence-corrected chi connectivity index (χ2v) is 2.50. The van der Waals surface area contributed by atoms with Crippen LogP contribution < -0.4 is 5.32 Å². The lowest BCUT2D eigenvalue weighted by atomic mass is 10.4. The van der Waals surface area contributed by atoms with Crippen LogP contribution in [-0.4, -0.2) is 16.1 Å². The number of rotatable bonds is 0. The zero-order valence-electron chi connectivity index (χ0n) is 6.04. The molecule has 2 heterocycles. The first-order valence-electron chi connectivity index (χ1n) is 3.57. The van der Waals surface area contributed by atoms with Gasteiger partial charge in [0.1, 0.15) is 17.6 Å². The van der Waals surface area contributed by atoms with Gasteiger partial charge in [0.05, 0.1) is 12.7 Å². The molecule has 1 aliphatic heterocycles. The fraction of sp³-hybridized carbons (Fsp3) is 0.429. The van der Waals surface area contributed by atoms with E-state index < -0.39 is 0 Å². The molecule has 2 rings (SSSR count). The molecule has 0 radical (unpaired) electrons. The normalized spacial score (nSPS) is 15.5. The first-order valence-corrected chi connectivity index (χ1v) is 3.57. The van der Waals surface area contributed by atoms with Crippen LogP contribution in [0.5, 0.6) is 0 Å². The minimum absolute atomic E-state index is 0.668. The van der Waals surface area contributed by atoms with Gasteiger partial charge in [0.15, 0.2) is 0 Å². The molecule has 0 saturated heterocycles. The fourth-order valence-electron chi connectivity index (χ4n) is 1.28. The SMILES string of the molecule is N#Cc1cnc2n1CCNC2. The van der Waals surface area contributed by atoms with Crippen molar-refractivity contribution in [2.75, 3.05) is 6.54 Å². The molecule has 1 aliphatic rings. The second-order valence-electron chi connectivity index (χ2n) is 2.50. The van der Waals surface area contributed by atoms with E-state index >= 15 is 0 Å². The summed E-state index contributed by atoms with van der Waals surface area (Å²) in [5.74, 6) is 0.966. The highest BCUT2D eigenvalue weighted by atomic mass is 15.2. The molecule has 56 valence electrons. The van der Waals surface area contributed by atoms with Crippen molar-refractivity contribution in [1.29, 1.82) is 5.26 Å². The zero-order valence-corrected chi connectivity index (χ0v) is 6.04. The minimum Gasteiger partial charge on any atom is -0.317 e. The van der Waals surface area contributed by atoms with E-state index in [-0.39, 0.29) is 0 Å². The average molecular weight is 148 g/mol. The van der Waals surface area contributed by atoms with E-state index in [9.17, 15) is 0 Å². The van der Waals surface area contributed by atoms with Gasteiger partial charge in [0.2, 0.25) is 0 Å². The van der Waals surface area contributed by atoms with Gasteiger partial charge in [-0.25, -0.2) is 4.98 Å². The molecule has 0 fully saturated rings. The Bertz CT molecular complexity index is 307. The second kappa shape index (κ2) is 2.36. The third kappa shape index (κ3) is 0.900. The Hall–Kier alpha value is -1.34. The summed E-state index contributed by atoms with van der Waals surface area (Å²) in [6.45, 7) is 2.57. The van der Waals surface area contributed by atoms with Gasteiger partial charge in [-0.2, -0.15) is 5.26 Å². The molecule has 1 aromatic heterocycles. The number of nitrogens with one attached hydrogen (secondary N) is 1. The Balaban J connectivity index is 2.48. The molecule has 0 saturated carbocycles. The number of nitriles is 1. The summed E-state index contributed by atoms with van der Waals surface area (Å²) in [5.41, 5.74) is 0.668. The van der Waals surface area contributed by atoms with Crippen LogP contribution in [0.1, 0.15) is 11.5 Å². The molecular formula is C7H8N4. The minimum atomic E-state index is 0.668. The van der Waals surface area contributed by atoms with Crippen molar-refractivity contribution >= 4 is 0 Å². The summed E-state index contributed by atoms with van der Waals surface area (Å²) in [4.78, 5) is 4.11. The van der Waals surface area contributed by atoms with Crippen LogP contribution in [0.25, 0.3) is 0 Å². The number of fused-ring (bicyclic) bond motifs is 1. The maximum absolute atomic E-state index is 8.65. The van der Waals surface area contributed by atoms with Crippen LogP contribution in [0.3, 0.4) is 0 Å². The highest BCUT2D eigenvalue weighted by Gasteiger charge is 2.11. The van der Waals surface area contributed by atoms with Crippen LogP contribution in [0.4, 0.5) is 0 Å². The van der Waals surface area contributed by atoms with Crippen LogP contribution in [0.15, 0.2) is 6.20 Å².